The van der Waals surface area contributed by atoms with Crippen molar-refractivity contribution in [2.75, 3.05) is 37.6 Å². The number of hydrogen-bond donors (Lipinski definition) is 2. The van der Waals surface area contributed by atoms with Gasteiger partial charge >= 0.3 is 0 Å². The molecule has 9 heteroatoms. The number of aliphatic hydroxyl groups is 1. The van der Waals surface area contributed by atoms with Crippen molar-refractivity contribution in [1.82, 2.24) is 15.2 Å². The van der Waals surface area contributed by atoms with Crippen molar-refractivity contribution in [1.29, 1.82) is 0 Å². The predicted octanol–water partition coefficient (Wildman–Crippen LogP) is 5.22. The van der Waals surface area contributed by atoms with Crippen LogP contribution in [0.15, 0.2) is 48.5 Å². The lowest BCUT2D eigenvalue weighted by molar-refractivity contribution is -0.126. The Morgan fingerprint density at radius 1 is 1.05 bits per heavy atom. The second-order valence-corrected chi connectivity index (χ2v) is 11.9. The van der Waals surface area contributed by atoms with Gasteiger partial charge in [0.25, 0.3) is 0 Å². The summed E-state index contributed by atoms with van der Waals surface area (Å²) in [6.45, 7) is 3.88. The van der Waals surface area contributed by atoms with Gasteiger partial charge in [-0.3, -0.25) is 4.79 Å². The van der Waals surface area contributed by atoms with Gasteiger partial charge in [0.05, 0.1) is 28.6 Å². The SMILES string of the molecule is O=C(N[C@H](CN1CCCC1)[C@H](O)c1ccc(OC2CC2)c(Cl)c1)[C@@H]1CCN(c2ccc3cc(Cl)ccc3n2)C1. The van der Waals surface area contributed by atoms with E-state index >= 15 is 0 Å². The van der Waals surface area contributed by atoms with Gasteiger partial charge in [0.2, 0.25) is 5.91 Å². The molecule has 3 heterocycles. The highest BCUT2D eigenvalue weighted by atomic mass is 35.5. The third-order valence-corrected chi connectivity index (χ3v) is 8.53. The van der Waals surface area contributed by atoms with Crippen LogP contribution in [0.5, 0.6) is 5.75 Å². The lowest BCUT2D eigenvalue weighted by atomic mass is 10.00. The van der Waals surface area contributed by atoms with Crippen LogP contribution in [-0.2, 0) is 4.79 Å². The van der Waals surface area contributed by atoms with Crippen molar-refractivity contribution in [3.63, 3.8) is 0 Å². The molecule has 7 nitrogen and oxygen atoms in total. The quantitative estimate of drug-likeness (QED) is 0.368. The van der Waals surface area contributed by atoms with E-state index in [0.717, 1.165) is 68.5 Å². The second-order valence-electron chi connectivity index (χ2n) is 11.0. The Morgan fingerprint density at radius 3 is 2.64 bits per heavy atom. The Morgan fingerprint density at radius 2 is 1.87 bits per heavy atom. The van der Waals surface area contributed by atoms with E-state index in [4.69, 9.17) is 32.9 Å². The van der Waals surface area contributed by atoms with Gasteiger partial charge < -0.3 is 25.0 Å². The first-order valence-corrected chi connectivity index (χ1v) is 14.7. The van der Waals surface area contributed by atoms with Crippen LogP contribution in [0.2, 0.25) is 10.0 Å². The number of aliphatic hydroxyl groups excluding tert-OH is 1. The lowest BCUT2D eigenvalue weighted by Crippen LogP contribution is -2.48. The molecule has 0 spiro atoms. The summed E-state index contributed by atoms with van der Waals surface area (Å²) in [6, 6.07) is 14.7. The molecule has 0 bridgehead atoms. The van der Waals surface area contributed by atoms with Crippen LogP contribution < -0.4 is 15.0 Å². The van der Waals surface area contributed by atoms with E-state index in [2.05, 4.69) is 15.1 Å². The topological polar surface area (TPSA) is 77.9 Å². The van der Waals surface area contributed by atoms with Crippen molar-refractivity contribution in [2.45, 2.75) is 50.4 Å². The minimum Gasteiger partial charge on any atom is -0.489 e. The zero-order valence-corrected chi connectivity index (χ0v) is 23.4. The number of pyridine rings is 1. The summed E-state index contributed by atoms with van der Waals surface area (Å²) < 4.78 is 5.86. The number of nitrogens with zero attached hydrogens (tertiary/aromatic N) is 3. The molecule has 1 aromatic heterocycles. The third kappa shape index (κ3) is 6.27. The molecule has 6 rings (SSSR count). The molecule has 1 amide bonds. The van der Waals surface area contributed by atoms with E-state index in [1.807, 2.05) is 42.5 Å². The highest BCUT2D eigenvalue weighted by molar-refractivity contribution is 6.32. The highest BCUT2D eigenvalue weighted by Crippen LogP contribution is 2.34. The number of halogens is 2. The number of anilines is 1. The van der Waals surface area contributed by atoms with E-state index in [-0.39, 0.29) is 17.9 Å². The number of aromatic nitrogens is 1. The molecule has 2 aromatic carbocycles. The molecular weight excluding hydrogens is 535 g/mol. The lowest BCUT2D eigenvalue weighted by Gasteiger charge is -2.30. The van der Waals surface area contributed by atoms with Gasteiger partial charge in [0.1, 0.15) is 17.7 Å². The maximum atomic E-state index is 13.5. The molecule has 3 fully saturated rings. The number of carbonyl (C=O) groups is 1. The maximum Gasteiger partial charge on any atom is 0.225 e. The van der Waals surface area contributed by atoms with Gasteiger partial charge in [-0.05, 0) is 93.2 Å². The number of carbonyl (C=O) groups excluding carboxylic acids is 1. The molecule has 3 aliphatic rings. The summed E-state index contributed by atoms with van der Waals surface area (Å²) in [4.78, 5) is 22.8. The number of benzene rings is 2. The first-order valence-electron chi connectivity index (χ1n) is 13.9. The van der Waals surface area contributed by atoms with Crippen LogP contribution in [0.3, 0.4) is 0 Å². The Kier molecular flexibility index (Phi) is 7.85. The molecule has 3 atom stereocenters. The normalized spacial score (nSPS) is 21.3. The summed E-state index contributed by atoms with van der Waals surface area (Å²) >= 11 is 12.6. The smallest absolute Gasteiger partial charge is 0.225 e. The van der Waals surface area contributed by atoms with Crippen LogP contribution in [-0.4, -0.2) is 65.8 Å². The van der Waals surface area contributed by atoms with Crippen molar-refractivity contribution in [3.8, 4) is 5.75 Å². The zero-order valence-electron chi connectivity index (χ0n) is 21.9. The number of hydrogen-bond acceptors (Lipinski definition) is 6. The second kappa shape index (κ2) is 11.5. The first-order chi connectivity index (χ1) is 18.9. The highest BCUT2D eigenvalue weighted by Gasteiger charge is 2.33. The number of rotatable bonds is 9. The number of nitrogens with one attached hydrogen (secondary N) is 1. The van der Waals surface area contributed by atoms with Crippen molar-refractivity contribution < 1.29 is 14.6 Å². The van der Waals surface area contributed by atoms with Gasteiger partial charge in [-0.1, -0.05) is 29.3 Å². The average molecular weight is 570 g/mol. The van der Waals surface area contributed by atoms with E-state index < -0.39 is 12.1 Å². The standard InChI is InChI=1S/C30H34Cl2N4O3/c31-22-5-8-25-19(15-22)4-10-28(33-25)36-14-11-21(17-36)30(38)34-26(18-35-12-1-2-13-35)29(37)20-3-9-27(24(32)16-20)39-23-6-7-23/h3-5,8-10,15-16,21,23,26,29,37H,1-2,6-7,11-14,17-18H2,(H,34,38)/t21-,26-,29-/m1/s1. The minimum absolute atomic E-state index is 0.0342. The fourth-order valence-electron chi connectivity index (χ4n) is 5.61. The number of likely N-dealkylation sites (tertiary alicyclic amines) is 1. The summed E-state index contributed by atoms with van der Waals surface area (Å²) in [6.07, 6.45) is 4.47. The van der Waals surface area contributed by atoms with E-state index in [1.165, 1.54) is 0 Å². The molecule has 2 N–H and O–H groups in total. The van der Waals surface area contributed by atoms with Crippen molar-refractivity contribution in [2.24, 2.45) is 5.92 Å². The van der Waals surface area contributed by atoms with Crippen LogP contribution in [0, 0.1) is 5.92 Å². The molecule has 2 aliphatic heterocycles. The van der Waals surface area contributed by atoms with Crippen LogP contribution in [0.1, 0.15) is 43.8 Å². The maximum absolute atomic E-state index is 13.5. The molecular formula is C30H34Cl2N4O3. The number of ether oxygens (including phenoxy) is 1. The van der Waals surface area contributed by atoms with Gasteiger partial charge in [-0.15, -0.1) is 0 Å². The summed E-state index contributed by atoms with van der Waals surface area (Å²) in [5.74, 6) is 1.29. The Labute approximate surface area is 239 Å². The molecule has 39 heavy (non-hydrogen) atoms. The number of fused-ring (bicyclic) bond motifs is 1. The largest absolute Gasteiger partial charge is 0.489 e. The summed E-state index contributed by atoms with van der Waals surface area (Å²) in [7, 11) is 0. The Balaban J connectivity index is 1.14. The average Bonchev–Trinajstić information content (AvgIpc) is 3.36. The minimum atomic E-state index is -0.881. The third-order valence-electron chi connectivity index (χ3n) is 8.00. The molecule has 0 unspecified atom stereocenters. The van der Waals surface area contributed by atoms with E-state index in [9.17, 15) is 9.90 Å². The Hall–Kier alpha value is -2.58. The molecule has 2 saturated heterocycles. The van der Waals surface area contributed by atoms with Crippen LogP contribution in [0.4, 0.5) is 5.82 Å². The van der Waals surface area contributed by atoms with Crippen LogP contribution >= 0.6 is 23.2 Å². The molecule has 3 aromatic rings. The first kappa shape index (κ1) is 26.6. The van der Waals surface area contributed by atoms with Crippen LogP contribution in [0.25, 0.3) is 10.9 Å². The summed E-state index contributed by atoms with van der Waals surface area (Å²) in [5, 5.41) is 16.8. The monoisotopic (exact) mass is 568 g/mol. The zero-order chi connectivity index (χ0) is 26.9. The predicted molar refractivity (Wildman–Crippen MR) is 155 cm³/mol. The fraction of sp³-hybridized carbons (Fsp3) is 0.467. The van der Waals surface area contributed by atoms with Gasteiger partial charge in [0, 0.05) is 30.0 Å². The number of amides is 1. The molecule has 1 aliphatic carbocycles. The molecule has 0 radical (unpaired) electrons. The Bertz CT molecular complexity index is 1350. The van der Waals surface area contributed by atoms with E-state index in [0.29, 0.717) is 34.4 Å². The van der Waals surface area contributed by atoms with Gasteiger partial charge in [-0.25, -0.2) is 4.98 Å². The molecule has 206 valence electrons. The molecule has 1 saturated carbocycles. The van der Waals surface area contributed by atoms with Gasteiger partial charge in [0.15, 0.2) is 0 Å². The van der Waals surface area contributed by atoms with Gasteiger partial charge in [-0.2, -0.15) is 0 Å². The van der Waals surface area contributed by atoms with E-state index in [1.54, 1.807) is 6.07 Å². The van der Waals surface area contributed by atoms with Crippen molar-refractivity contribution in [3.05, 3.63) is 64.1 Å². The van der Waals surface area contributed by atoms with Crippen molar-refractivity contribution >= 4 is 45.8 Å². The fourth-order valence-corrected chi connectivity index (χ4v) is 6.02. The summed E-state index contributed by atoms with van der Waals surface area (Å²) in [5.41, 5.74) is 1.56.